The molecule has 2 aromatic carbocycles. The maximum absolute atomic E-state index is 12.8. The lowest BCUT2D eigenvalue weighted by molar-refractivity contribution is 0.506. The average molecular weight is 427 g/mol. The van der Waals surface area contributed by atoms with E-state index in [1.165, 1.54) is 5.56 Å². The first-order chi connectivity index (χ1) is 13.8. The molecule has 0 amide bonds. The van der Waals surface area contributed by atoms with Crippen LogP contribution in [-0.2, 0) is 13.0 Å². The van der Waals surface area contributed by atoms with Crippen molar-refractivity contribution in [3.63, 3.8) is 0 Å². The minimum atomic E-state index is -0.328. The summed E-state index contributed by atoms with van der Waals surface area (Å²) in [6.45, 7) is 6.36. The summed E-state index contributed by atoms with van der Waals surface area (Å²) in [5.41, 5.74) is 5.74. The number of fused-ring (bicyclic) bond motifs is 1. The molecule has 0 atom stereocenters. The topological polar surface area (TPSA) is 48.0 Å². The van der Waals surface area contributed by atoms with E-state index >= 15 is 0 Å². The third-order valence-corrected chi connectivity index (χ3v) is 5.90. The maximum atomic E-state index is 12.8. The van der Waals surface area contributed by atoms with Gasteiger partial charge in [-0.3, -0.25) is 0 Å². The normalized spacial score (nSPS) is 11.3. The van der Waals surface area contributed by atoms with Crippen molar-refractivity contribution in [2.24, 2.45) is 0 Å². The molecule has 0 aliphatic rings. The monoisotopic (exact) mass is 426 g/mol. The van der Waals surface area contributed by atoms with Gasteiger partial charge in [0.1, 0.15) is 0 Å². The van der Waals surface area contributed by atoms with Crippen molar-refractivity contribution in [2.75, 3.05) is 0 Å². The van der Waals surface area contributed by atoms with Crippen LogP contribution in [0.2, 0.25) is 10.0 Å². The third-order valence-electron chi connectivity index (χ3n) is 5.16. The molecular formula is C23H20Cl2N2O2. The van der Waals surface area contributed by atoms with Gasteiger partial charge < -0.3 is 4.42 Å². The van der Waals surface area contributed by atoms with Gasteiger partial charge in [0.15, 0.2) is 0 Å². The Morgan fingerprint density at radius 3 is 2.34 bits per heavy atom. The number of aromatic nitrogens is 2. The van der Waals surface area contributed by atoms with Gasteiger partial charge in [-0.2, -0.15) is 5.10 Å². The summed E-state index contributed by atoms with van der Waals surface area (Å²) in [5.74, 6) is 0. The molecule has 6 heteroatoms. The Morgan fingerprint density at radius 2 is 1.66 bits per heavy atom. The van der Waals surface area contributed by atoms with Crippen LogP contribution in [0.25, 0.3) is 11.1 Å². The summed E-state index contributed by atoms with van der Waals surface area (Å²) in [5, 5.41) is 6.47. The van der Waals surface area contributed by atoms with Crippen LogP contribution in [0.5, 0.6) is 0 Å². The highest BCUT2D eigenvalue weighted by Gasteiger charge is 2.19. The maximum Gasteiger partial charge on any atom is 0.341 e. The second-order valence-electron chi connectivity index (χ2n) is 7.33. The van der Waals surface area contributed by atoms with Crippen LogP contribution >= 0.6 is 23.2 Å². The van der Waals surface area contributed by atoms with E-state index in [4.69, 9.17) is 27.6 Å². The van der Waals surface area contributed by atoms with Crippen LogP contribution < -0.4 is 5.63 Å². The molecule has 0 saturated carbocycles. The highest BCUT2D eigenvalue weighted by molar-refractivity contribution is 6.42. The SMILES string of the molecule is Cc1ccc(Cc2c(C)c3c(C)nn(Cc4ccc(Cl)c(Cl)c4)c3oc2=O)cc1. The summed E-state index contributed by atoms with van der Waals surface area (Å²) < 4.78 is 7.44. The summed E-state index contributed by atoms with van der Waals surface area (Å²) in [4.78, 5) is 12.8. The molecular weight excluding hydrogens is 407 g/mol. The zero-order chi connectivity index (χ0) is 20.7. The van der Waals surface area contributed by atoms with Gasteiger partial charge in [-0.05, 0) is 49.6 Å². The molecule has 2 heterocycles. The standard InChI is InChI=1S/C23H20Cl2N2O2/c1-13-4-6-16(7-5-13)10-18-14(2)21-15(3)26-27(22(21)29-23(18)28)12-17-8-9-19(24)20(25)11-17/h4-9,11H,10,12H2,1-3H3. The quantitative estimate of drug-likeness (QED) is 0.410. The van der Waals surface area contributed by atoms with E-state index in [1.54, 1.807) is 16.8 Å². The lowest BCUT2D eigenvalue weighted by Crippen LogP contribution is -2.12. The Labute approximate surface area is 178 Å². The molecule has 0 saturated heterocycles. The fourth-order valence-electron chi connectivity index (χ4n) is 3.58. The molecule has 0 fully saturated rings. The fourth-order valence-corrected chi connectivity index (χ4v) is 3.90. The van der Waals surface area contributed by atoms with Crippen molar-refractivity contribution in [1.82, 2.24) is 9.78 Å². The molecule has 148 valence electrons. The van der Waals surface area contributed by atoms with Crippen LogP contribution in [0.3, 0.4) is 0 Å². The third kappa shape index (κ3) is 3.83. The van der Waals surface area contributed by atoms with Crippen LogP contribution in [0.1, 0.15) is 33.5 Å². The van der Waals surface area contributed by atoms with Crippen molar-refractivity contribution < 1.29 is 4.42 Å². The van der Waals surface area contributed by atoms with E-state index in [-0.39, 0.29) is 5.63 Å². The minimum absolute atomic E-state index is 0.328. The number of hydrogen-bond acceptors (Lipinski definition) is 3. The number of rotatable bonds is 4. The molecule has 2 aromatic heterocycles. The van der Waals surface area contributed by atoms with Gasteiger partial charge in [0.25, 0.3) is 0 Å². The Bertz CT molecular complexity index is 1270. The number of hydrogen-bond donors (Lipinski definition) is 0. The number of nitrogens with zero attached hydrogens (tertiary/aromatic N) is 2. The minimum Gasteiger partial charge on any atom is -0.404 e. The lowest BCUT2D eigenvalue weighted by atomic mass is 10.00. The molecule has 0 N–H and O–H groups in total. The van der Waals surface area contributed by atoms with E-state index in [2.05, 4.69) is 5.10 Å². The smallest absolute Gasteiger partial charge is 0.341 e. The van der Waals surface area contributed by atoms with Crippen molar-refractivity contribution in [3.8, 4) is 0 Å². The molecule has 0 unspecified atom stereocenters. The predicted octanol–water partition coefficient (Wildman–Crippen LogP) is 5.86. The molecule has 4 aromatic rings. The van der Waals surface area contributed by atoms with Crippen molar-refractivity contribution in [1.29, 1.82) is 0 Å². The second-order valence-corrected chi connectivity index (χ2v) is 8.14. The van der Waals surface area contributed by atoms with E-state index in [9.17, 15) is 4.79 Å². The molecule has 0 bridgehead atoms. The predicted molar refractivity (Wildman–Crippen MR) is 117 cm³/mol. The lowest BCUT2D eigenvalue weighted by Gasteiger charge is -2.08. The number of benzene rings is 2. The largest absolute Gasteiger partial charge is 0.404 e. The summed E-state index contributed by atoms with van der Waals surface area (Å²) in [6, 6.07) is 13.6. The molecule has 0 radical (unpaired) electrons. The van der Waals surface area contributed by atoms with Gasteiger partial charge in [0.2, 0.25) is 5.71 Å². The average Bonchev–Trinajstić information content (AvgIpc) is 2.98. The van der Waals surface area contributed by atoms with E-state index in [0.29, 0.717) is 34.3 Å². The Morgan fingerprint density at radius 1 is 0.966 bits per heavy atom. The number of aryl methyl sites for hydroxylation is 3. The Hall–Kier alpha value is -2.56. The van der Waals surface area contributed by atoms with Gasteiger partial charge in [-0.1, -0.05) is 59.1 Å². The summed E-state index contributed by atoms with van der Waals surface area (Å²) in [6.07, 6.45) is 0.530. The van der Waals surface area contributed by atoms with E-state index in [0.717, 1.165) is 27.8 Å². The molecule has 0 aliphatic carbocycles. The highest BCUT2D eigenvalue weighted by atomic mass is 35.5. The van der Waals surface area contributed by atoms with Gasteiger partial charge in [-0.25, -0.2) is 9.48 Å². The first kappa shape index (κ1) is 19.7. The van der Waals surface area contributed by atoms with Crippen molar-refractivity contribution in [3.05, 3.63) is 96.4 Å². The van der Waals surface area contributed by atoms with Gasteiger partial charge in [0.05, 0.1) is 27.7 Å². The summed E-state index contributed by atoms with van der Waals surface area (Å²) in [7, 11) is 0. The van der Waals surface area contributed by atoms with Crippen molar-refractivity contribution >= 4 is 34.3 Å². The van der Waals surface area contributed by atoms with Crippen LogP contribution in [0.4, 0.5) is 0 Å². The van der Waals surface area contributed by atoms with Crippen LogP contribution in [-0.4, -0.2) is 9.78 Å². The van der Waals surface area contributed by atoms with Gasteiger partial charge in [-0.15, -0.1) is 0 Å². The number of halogens is 2. The molecule has 0 aliphatic heterocycles. The Kier molecular flexibility index (Phi) is 5.24. The van der Waals surface area contributed by atoms with Crippen LogP contribution in [0, 0.1) is 20.8 Å². The van der Waals surface area contributed by atoms with Crippen molar-refractivity contribution in [2.45, 2.75) is 33.7 Å². The zero-order valence-electron chi connectivity index (χ0n) is 16.4. The molecule has 0 spiro atoms. The fraction of sp³-hybridized carbons (Fsp3) is 0.217. The van der Waals surface area contributed by atoms with Crippen LogP contribution in [0.15, 0.2) is 51.7 Å². The molecule has 29 heavy (non-hydrogen) atoms. The molecule has 4 rings (SSSR count). The Balaban J connectivity index is 1.77. The van der Waals surface area contributed by atoms with E-state index < -0.39 is 0 Å². The zero-order valence-corrected chi connectivity index (χ0v) is 17.9. The van der Waals surface area contributed by atoms with Gasteiger partial charge in [0, 0.05) is 12.0 Å². The first-order valence-electron chi connectivity index (χ1n) is 9.32. The van der Waals surface area contributed by atoms with E-state index in [1.807, 2.05) is 51.1 Å². The van der Waals surface area contributed by atoms with Gasteiger partial charge >= 0.3 is 5.63 Å². The highest BCUT2D eigenvalue weighted by Crippen LogP contribution is 2.27. The second kappa shape index (κ2) is 7.69. The molecule has 4 nitrogen and oxygen atoms in total. The first-order valence-corrected chi connectivity index (χ1v) is 10.1. The summed E-state index contributed by atoms with van der Waals surface area (Å²) >= 11 is 12.1.